The van der Waals surface area contributed by atoms with Crippen LogP contribution in [0.15, 0.2) is 60.7 Å². The zero-order valence-corrected chi connectivity index (χ0v) is 14.9. The number of carboxylic acids is 1. The number of aliphatic carboxylic acids is 1. The Balaban J connectivity index is 2.15. The molecule has 0 aliphatic carbocycles. The smallest absolute Gasteiger partial charge is 0.425 e. The van der Waals surface area contributed by atoms with E-state index < -0.39 is 26.4 Å². The van der Waals surface area contributed by atoms with Crippen LogP contribution in [0.25, 0.3) is 0 Å². The van der Waals surface area contributed by atoms with E-state index in [9.17, 15) is 18.0 Å². The van der Waals surface area contributed by atoms with Gasteiger partial charge in [0.15, 0.2) is 0 Å². The second-order valence-corrected chi connectivity index (χ2v) is 7.75. The molecule has 1 atom stereocenters. The molecule has 2 aromatic rings. The lowest BCUT2D eigenvalue weighted by molar-refractivity contribution is -0.137. The highest BCUT2D eigenvalue weighted by atomic mass is 32.2. The lowest BCUT2D eigenvalue weighted by Crippen LogP contribution is -2.23. The lowest BCUT2D eigenvalue weighted by Gasteiger charge is -2.17. The Morgan fingerprint density at radius 1 is 0.962 bits per heavy atom. The Kier molecular flexibility index (Phi) is 6.91. The van der Waals surface area contributed by atoms with Crippen molar-refractivity contribution in [1.82, 2.24) is 0 Å². The summed E-state index contributed by atoms with van der Waals surface area (Å²) in [5, 5.41) is 6.34. The van der Waals surface area contributed by atoms with E-state index in [0.29, 0.717) is 11.1 Å². The molecule has 138 valence electrons. The van der Waals surface area contributed by atoms with E-state index in [1.807, 2.05) is 0 Å². The molecule has 7 heteroatoms. The minimum absolute atomic E-state index is 0.0269. The number of sulfone groups is 1. The molecule has 1 unspecified atom stereocenters. The van der Waals surface area contributed by atoms with E-state index in [-0.39, 0.29) is 25.9 Å². The second kappa shape index (κ2) is 9.15. The molecule has 0 saturated heterocycles. The third-order valence-electron chi connectivity index (χ3n) is 3.83. The summed E-state index contributed by atoms with van der Waals surface area (Å²) >= 11 is 0. The van der Waals surface area contributed by atoms with Crippen molar-refractivity contribution in [3.8, 4) is 0 Å². The van der Waals surface area contributed by atoms with E-state index in [1.54, 1.807) is 60.7 Å². The molecule has 0 radical (unpaired) electrons. The molecule has 26 heavy (non-hydrogen) atoms. The monoisotopic (exact) mass is 376 g/mol. The molecule has 0 aromatic heterocycles. The maximum absolute atomic E-state index is 12.7. The lowest BCUT2D eigenvalue weighted by atomic mass is 10.1. The number of rotatable bonds is 8. The van der Waals surface area contributed by atoms with Crippen molar-refractivity contribution in [3.63, 3.8) is 0 Å². The highest BCUT2D eigenvalue weighted by Gasteiger charge is 2.35. The van der Waals surface area contributed by atoms with Gasteiger partial charge >= 0.3 is 11.3 Å². The Morgan fingerprint density at radius 3 is 2.12 bits per heavy atom. The largest absolute Gasteiger partial charge is 0.481 e. The quantitative estimate of drug-likeness (QED) is 0.705. The summed E-state index contributed by atoms with van der Waals surface area (Å²) in [4.78, 5) is 22.9. The summed E-state index contributed by atoms with van der Waals surface area (Å²) in [6.45, 7) is -0.143. The SMILES string of the molecule is O=C(O)CCCC(c1ccccc1)S(=O)(=O)C(=O)OCc1ccccc1. The van der Waals surface area contributed by atoms with Gasteiger partial charge in [0.25, 0.3) is 9.84 Å². The van der Waals surface area contributed by atoms with Crippen molar-refractivity contribution in [3.05, 3.63) is 71.8 Å². The van der Waals surface area contributed by atoms with Crippen LogP contribution >= 0.6 is 0 Å². The minimum Gasteiger partial charge on any atom is -0.481 e. The van der Waals surface area contributed by atoms with Gasteiger partial charge in [0.2, 0.25) is 0 Å². The summed E-state index contributed by atoms with van der Waals surface area (Å²) in [5.41, 5.74) is 1.12. The molecule has 0 aliphatic rings. The van der Waals surface area contributed by atoms with E-state index in [4.69, 9.17) is 9.84 Å². The highest BCUT2D eigenvalue weighted by Crippen LogP contribution is 2.30. The second-order valence-electron chi connectivity index (χ2n) is 5.75. The molecule has 0 aliphatic heterocycles. The van der Waals surface area contributed by atoms with Gasteiger partial charge < -0.3 is 9.84 Å². The third-order valence-corrected chi connectivity index (χ3v) is 5.67. The van der Waals surface area contributed by atoms with Crippen LogP contribution in [0.1, 0.15) is 35.6 Å². The van der Waals surface area contributed by atoms with Crippen molar-refractivity contribution in [2.75, 3.05) is 0 Å². The fourth-order valence-electron chi connectivity index (χ4n) is 2.52. The standard InChI is InChI=1S/C19H20O6S/c20-18(21)13-7-12-17(16-10-5-2-6-11-16)26(23,24)19(22)25-14-15-8-3-1-4-9-15/h1-6,8-11,17H,7,12-14H2,(H,20,21). The number of carboxylic acid groups (broad SMARTS) is 1. The van der Waals surface area contributed by atoms with E-state index in [0.717, 1.165) is 0 Å². The van der Waals surface area contributed by atoms with Crippen LogP contribution in [0.2, 0.25) is 0 Å². The number of hydrogen-bond acceptors (Lipinski definition) is 5. The van der Waals surface area contributed by atoms with Crippen LogP contribution in [-0.2, 0) is 26.0 Å². The maximum atomic E-state index is 12.7. The van der Waals surface area contributed by atoms with Crippen LogP contribution < -0.4 is 0 Å². The first-order chi connectivity index (χ1) is 12.4. The number of benzene rings is 2. The summed E-state index contributed by atoms with van der Waals surface area (Å²) in [7, 11) is -4.28. The summed E-state index contributed by atoms with van der Waals surface area (Å²) in [5.74, 6) is -1.01. The zero-order valence-electron chi connectivity index (χ0n) is 14.1. The van der Waals surface area contributed by atoms with Gasteiger partial charge in [-0.2, -0.15) is 0 Å². The van der Waals surface area contributed by atoms with Gasteiger partial charge in [0.05, 0.1) is 5.25 Å². The number of ether oxygens (including phenoxy) is 1. The van der Waals surface area contributed by atoms with Gasteiger partial charge in [-0.15, -0.1) is 0 Å². The Labute approximate surface area is 152 Å². The van der Waals surface area contributed by atoms with Crippen LogP contribution in [0.4, 0.5) is 4.79 Å². The van der Waals surface area contributed by atoms with Crippen LogP contribution in [-0.4, -0.2) is 24.8 Å². The zero-order chi connectivity index (χ0) is 19.0. The molecule has 0 heterocycles. The highest BCUT2D eigenvalue weighted by molar-refractivity contribution is 8.05. The van der Waals surface area contributed by atoms with Gasteiger partial charge in [-0.25, -0.2) is 13.2 Å². The topological polar surface area (TPSA) is 97.7 Å². The number of hydrogen-bond donors (Lipinski definition) is 1. The van der Waals surface area contributed by atoms with Crippen molar-refractivity contribution < 1.29 is 27.9 Å². The van der Waals surface area contributed by atoms with Gasteiger partial charge in [-0.1, -0.05) is 60.7 Å². The molecule has 2 aromatic carbocycles. The van der Waals surface area contributed by atoms with Crippen LogP contribution in [0.3, 0.4) is 0 Å². The first-order valence-corrected chi connectivity index (χ1v) is 9.67. The van der Waals surface area contributed by atoms with Crippen LogP contribution in [0.5, 0.6) is 0 Å². The van der Waals surface area contributed by atoms with E-state index in [1.165, 1.54) is 0 Å². The minimum atomic E-state index is -4.28. The molecule has 1 N–H and O–H groups in total. The molecule has 0 bridgehead atoms. The van der Waals surface area contributed by atoms with Gasteiger partial charge in [-0.05, 0) is 24.0 Å². The van der Waals surface area contributed by atoms with Gasteiger partial charge in [0.1, 0.15) is 6.61 Å². The summed E-state index contributed by atoms with van der Waals surface area (Å²) in [6.07, 6.45) is -0.00289. The fourth-order valence-corrected chi connectivity index (χ4v) is 3.97. The van der Waals surface area contributed by atoms with Crippen molar-refractivity contribution >= 4 is 21.1 Å². The van der Waals surface area contributed by atoms with Gasteiger partial charge in [-0.3, -0.25) is 4.79 Å². The first kappa shape index (κ1) is 19.7. The molecule has 2 rings (SSSR count). The molecule has 6 nitrogen and oxygen atoms in total. The third kappa shape index (κ3) is 5.42. The van der Waals surface area contributed by atoms with E-state index >= 15 is 0 Å². The molecule has 0 fully saturated rings. The predicted molar refractivity (Wildman–Crippen MR) is 96.2 cm³/mol. The Morgan fingerprint density at radius 2 is 1.54 bits per heavy atom. The average Bonchev–Trinajstić information content (AvgIpc) is 2.64. The Hall–Kier alpha value is -2.67. The van der Waals surface area contributed by atoms with Gasteiger partial charge in [0, 0.05) is 6.42 Å². The molecular weight excluding hydrogens is 356 g/mol. The maximum Gasteiger partial charge on any atom is 0.425 e. The molecular formula is C19H20O6S. The fraction of sp³-hybridized carbons (Fsp3) is 0.263. The summed E-state index contributed by atoms with van der Waals surface area (Å²) < 4.78 is 30.4. The predicted octanol–water partition coefficient (Wildman–Crippen LogP) is 3.73. The number of carbonyl (C=O) groups is 2. The molecule has 0 spiro atoms. The van der Waals surface area contributed by atoms with Crippen molar-refractivity contribution in [2.45, 2.75) is 31.1 Å². The Bertz CT molecular complexity index is 831. The van der Waals surface area contributed by atoms with Crippen LogP contribution in [0, 0.1) is 0 Å². The summed E-state index contributed by atoms with van der Waals surface area (Å²) in [6, 6.07) is 17.1. The van der Waals surface area contributed by atoms with Crippen molar-refractivity contribution in [1.29, 1.82) is 0 Å². The van der Waals surface area contributed by atoms with Crippen molar-refractivity contribution in [2.24, 2.45) is 0 Å². The van der Waals surface area contributed by atoms with E-state index in [2.05, 4.69) is 0 Å². The molecule has 0 saturated carbocycles. The first-order valence-electron chi connectivity index (χ1n) is 8.12. The average molecular weight is 376 g/mol. The normalized spacial score (nSPS) is 12.3. The molecule has 0 amide bonds. The number of carbonyl (C=O) groups excluding carboxylic acids is 1.